The highest BCUT2D eigenvalue weighted by molar-refractivity contribution is 7.17. The van der Waals surface area contributed by atoms with E-state index in [4.69, 9.17) is 18.9 Å². The standard InChI is InChI=1S/C29H30N2O8S/c1-7-38-20-12-9-17(14-21(20)37-6)23-22(24(32)19-11-10-18(36-5)13-15(19)3)25(33)27(34)31(23)29-30-16(4)26(40-29)28(35)39-8-2/h9-14,23,32H,7-8H2,1-6H3/t23-/m0/s1. The van der Waals surface area contributed by atoms with E-state index in [1.54, 1.807) is 57.2 Å². The number of hydrogen-bond acceptors (Lipinski definition) is 10. The molecule has 1 fully saturated rings. The zero-order valence-electron chi connectivity index (χ0n) is 23.1. The molecule has 1 saturated heterocycles. The largest absolute Gasteiger partial charge is 0.507 e. The fourth-order valence-electron chi connectivity index (χ4n) is 4.52. The minimum absolute atomic E-state index is 0.117. The Morgan fingerprint density at radius 3 is 2.40 bits per heavy atom. The van der Waals surface area contributed by atoms with E-state index in [1.165, 1.54) is 19.1 Å². The van der Waals surface area contributed by atoms with Crippen molar-refractivity contribution in [1.82, 2.24) is 4.98 Å². The Morgan fingerprint density at radius 2 is 1.77 bits per heavy atom. The van der Waals surface area contributed by atoms with Gasteiger partial charge in [-0.2, -0.15) is 0 Å². The molecule has 1 aromatic heterocycles. The SMILES string of the molecule is CCOC(=O)c1sc(N2C(=O)C(=O)C(=C(O)c3ccc(OC)cc3C)[C@@H]2c2ccc(OCC)c(OC)c2)nc1C. The van der Waals surface area contributed by atoms with E-state index in [9.17, 15) is 19.5 Å². The number of rotatable bonds is 9. The van der Waals surface area contributed by atoms with Crippen molar-refractivity contribution in [2.45, 2.75) is 33.7 Å². The monoisotopic (exact) mass is 566 g/mol. The highest BCUT2D eigenvalue weighted by Crippen LogP contribution is 2.46. The molecule has 0 spiro atoms. The third kappa shape index (κ3) is 5.12. The quantitative estimate of drug-likeness (QED) is 0.165. The van der Waals surface area contributed by atoms with Gasteiger partial charge in [0.25, 0.3) is 5.78 Å². The Bertz CT molecular complexity index is 1510. The molecular formula is C29H30N2O8S. The van der Waals surface area contributed by atoms with Crippen LogP contribution in [-0.4, -0.2) is 55.2 Å². The lowest BCUT2D eigenvalue weighted by atomic mass is 9.93. The van der Waals surface area contributed by atoms with Crippen LogP contribution in [0, 0.1) is 13.8 Å². The summed E-state index contributed by atoms with van der Waals surface area (Å²) in [7, 11) is 3.01. The summed E-state index contributed by atoms with van der Waals surface area (Å²) < 4.78 is 21.6. The molecule has 0 aliphatic carbocycles. The number of amides is 1. The first kappa shape index (κ1) is 28.6. The zero-order chi connectivity index (χ0) is 29.1. The van der Waals surface area contributed by atoms with Crippen LogP contribution in [0.25, 0.3) is 5.76 Å². The second-order valence-corrected chi connectivity index (χ2v) is 9.80. The maximum atomic E-state index is 13.6. The van der Waals surface area contributed by atoms with Crippen molar-refractivity contribution in [3.05, 3.63) is 69.2 Å². The Balaban J connectivity index is 1.96. The molecule has 0 bridgehead atoms. The molecule has 1 N–H and O–H groups in total. The number of aromatic nitrogens is 1. The lowest BCUT2D eigenvalue weighted by Crippen LogP contribution is -2.29. The van der Waals surface area contributed by atoms with Gasteiger partial charge in [-0.05, 0) is 69.2 Å². The molecular weight excluding hydrogens is 536 g/mol. The van der Waals surface area contributed by atoms with Crippen molar-refractivity contribution >= 4 is 39.9 Å². The van der Waals surface area contributed by atoms with Gasteiger partial charge in [0.15, 0.2) is 16.6 Å². The van der Waals surface area contributed by atoms with E-state index in [-0.39, 0.29) is 27.9 Å². The molecule has 40 heavy (non-hydrogen) atoms. The highest BCUT2D eigenvalue weighted by atomic mass is 32.1. The average molecular weight is 567 g/mol. The predicted octanol–water partition coefficient (Wildman–Crippen LogP) is 4.98. The van der Waals surface area contributed by atoms with Crippen molar-refractivity contribution in [3.8, 4) is 17.2 Å². The van der Waals surface area contributed by atoms with Crippen LogP contribution in [0.15, 0.2) is 42.0 Å². The van der Waals surface area contributed by atoms with Gasteiger partial charge in [0, 0.05) is 5.56 Å². The molecule has 10 nitrogen and oxygen atoms in total. The Morgan fingerprint density at radius 1 is 1.02 bits per heavy atom. The Labute approximate surface area is 235 Å². The summed E-state index contributed by atoms with van der Waals surface area (Å²) in [6.07, 6.45) is 0. The van der Waals surface area contributed by atoms with Crippen molar-refractivity contribution in [2.75, 3.05) is 32.3 Å². The molecule has 2 heterocycles. The van der Waals surface area contributed by atoms with Gasteiger partial charge in [-0.15, -0.1) is 0 Å². The van der Waals surface area contributed by atoms with Gasteiger partial charge < -0.3 is 24.1 Å². The third-order valence-corrected chi connectivity index (χ3v) is 7.53. The number of ether oxygens (including phenoxy) is 4. The maximum absolute atomic E-state index is 13.6. The lowest BCUT2D eigenvalue weighted by molar-refractivity contribution is -0.132. The number of thiazole rings is 1. The Kier molecular flexibility index (Phi) is 8.43. The summed E-state index contributed by atoms with van der Waals surface area (Å²) in [5.74, 6) is -1.27. The smallest absolute Gasteiger partial charge is 0.350 e. The van der Waals surface area contributed by atoms with E-state index in [1.807, 2.05) is 6.92 Å². The van der Waals surface area contributed by atoms with Gasteiger partial charge in [0.05, 0.1) is 44.7 Å². The molecule has 3 aromatic rings. The molecule has 1 amide bonds. The number of esters is 1. The van der Waals surface area contributed by atoms with Gasteiger partial charge in [0.2, 0.25) is 0 Å². The summed E-state index contributed by atoms with van der Waals surface area (Å²) in [5, 5.41) is 11.6. The number of aryl methyl sites for hydroxylation is 2. The van der Waals surface area contributed by atoms with Crippen LogP contribution < -0.4 is 19.1 Å². The summed E-state index contributed by atoms with van der Waals surface area (Å²) in [4.78, 5) is 45.5. The van der Waals surface area contributed by atoms with Gasteiger partial charge in [-0.3, -0.25) is 14.5 Å². The molecule has 11 heteroatoms. The van der Waals surface area contributed by atoms with Crippen molar-refractivity contribution in [2.24, 2.45) is 0 Å². The average Bonchev–Trinajstić information content (AvgIpc) is 3.45. The molecule has 0 saturated carbocycles. The van der Waals surface area contributed by atoms with E-state index in [2.05, 4.69) is 4.98 Å². The van der Waals surface area contributed by atoms with Crippen LogP contribution in [0.5, 0.6) is 17.2 Å². The number of methoxy groups -OCH3 is 2. The lowest BCUT2D eigenvalue weighted by Gasteiger charge is -2.24. The normalized spacial score (nSPS) is 16.2. The van der Waals surface area contributed by atoms with Crippen LogP contribution in [0.2, 0.25) is 0 Å². The first-order chi connectivity index (χ1) is 19.2. The van der Waals surface area contributed by atoms with E-state index in [0.29, 0.717) is 46.2 Å². The van der Waals surface area contributed by atoms with Crippen molar-refractivity contribution < 1.29 is 38.4 Å². The van der Waals surface area contributed by atoms with E-state index in [0.717, 1.165) is 11.3 Å². The minimum Gasteiger partial charge on any atom is -0.507 e. The van der Waals surface area contributed by atoms with Gasteiger partial charge >= 0.3 is 11.9 Å². The first-order valence-corrected chi connectivity index (χ1v) is 13.4. The molecule has 210 valence electrons. The number of Topliss-reactive ketones (excluding diaryl/α,β-unsaturated/α-hetero) is 1. The van der Waals surface area contributed by atoms with Crippen LogP contribution in [0.4, 0.5) is 5.13 Å². The fraction of sp³-hybridized carbons (Fsp3) is 0.310. The van der Waals surface area contributed by atoms with E-state index >= 15 is 0 Å². The molecule has 4 rings (SSSR count). The van der Waals surface area contributed by atoms with Crippen molar-refractivity contribution in [3.63, 3.8) is 0 Å². The second-order valence-electron chi connectivity index (χ2n) is 8.82. The summed E-state index contributed by atoms with van der Waals surface area (Å²) in [5.41, 5.74) is 1.70. The Hall–Kier alpha value is -4.38. The molecule has 0 unspecified atom stereocenters. The van der Waals surface area contributed by atoms with Gasteiger partial charge in [-0.1, -0.05) is 17.4 Å². The number of aliphatic hydroxyl groups is 1. The number of carbonyl (C=O) groups excluding carboxylic acids is 3. The van der Waals surface area contributed by atoms with Crippen LogP contribution >= 0.6 is 11.3 Å². The van der Waals surface area contributed by atoms with Crippen LogP contribution in [-0.2, 0) is 14.3 Å². The third-order valence-electron chi connectivity index (χ3n) is 6.39. The van der Waals surface area contributed by atoms with E-state index < -0.39 is 23.7 Å². The van der Waals surface area contributed by atoms with Crippen LogP contribution in [0.1, 0.15) is 51.9 Å². The number of ketones is 1. The number of nitrogens with zero attached hydrogens (tertiary/aromatic N) is 2. The summed E-state index contributed by atoms with van der Waals surface area (Å²) in [6, 6.07) is 8.94. The zero-order valence-corrected chi connectivity index (χ0v) is 23.9. The van der Waals surface area contributed by atoms with Crippen LogP contribution in [0.3, 0.4) is 0 Å². The second kappa shape index (κ2) is 11.8. The number of hydrogen-bond donors (Lipinski definition) is 1. The summed E-state index contributed by atoms with van der Waals surface area (Å²) >= 11 is 0.938. The summed E-state index contributed by atoms with van der Waals surface area (Å²) in [6.45, 7) is 7.49. The molecule has 1 aliphatic rings. The minimum atomic E-state index is -1.08. The molecule has 2 aromatic carbocycles. The van der Waals surface area contributed by atoms with Gasteiger partial charge in [-0.25, -0.2) is 9.78 Å². The van der Waals surface area contributed by atoms with Gasteiger partial charge in [0.1, 0.15) is 16.4 Å². The molecule has 1 atom stereocenters. The first-order valence-electron chi connectivity index (χ1n) is 12.6. The highest BCUT2D eigenvalue weighted by Gasteiger charge is 2.48. The maximum Gasteiger partial charge on any atom is 0.350 e. The van der Waals surface area contributed by atoms with Crippen molar-refractivity contribution in [1.29, 1.82) is 0 Å². The topological polar surface area (TPSA) is 124 Å². The molecule has 1 aliphatic heterocycles. The fourth-order valence-corrected chi connectivity index (χ4v) is 5.51. The number of aliphatic hydroxyl groups excluding tert-OH is 1. The molecule has 0 radical (unpaired) electrons. The number of carbonyl (C=O) groups is 3. The predicted molar refractivity (Wildman–Crippen MR) is 149 cm³/mol. The number of anilines is 1. The number of benzene rings is 2.